The molecule has 2 N–H and O–H groups in total. The molecule has 0 amide bonds. The summed E-state index contributed by atoms with van der Waals surface area (Å²) in [6, 6.07) is 0.249. The molecule has 0 radical (unpaired) electrons. The predicted octanol–water partition coefficient (Wildman–Crippen LogP) is 2.22. The van der Waals surface area contributed by atoms with Crippen LogP contribution in [-0.4, -0.2) is 17.7 Å². The van der Waals surface area contributed by atoms with Gasteiger partial charge in [0.1, 0.15) is 0 Å². The number of thiocarbonyl (C=S) groups is 1. The normalized spacial score (nSPS) is 18.1. The molecule has 0 aromatic heterocycles. The summed E-state index contributed by atoms with van der Waals surface area (Å²) in [6.45, 7) is 6.73. The van der Waals surface area contributed by atoms with Gasteiger partial charge in [-0.05, 0) is 31.5 Å². The first-order valence-corrected chi connectivity index (χ1v) is 5.80. The molecule has 3 heteroatoms. The van der Waals surface area contributed by atoms with E-state index < -0.39 is 0 Å². The Kier molecular flexibility index (Phi) is 4.94. The Labute approximate surface area is 92.2 Å². The van der Waals surface area contributed by atoms with Gasteiger partial charge in [0.25, 0.3) is 0 Å². The van der Waals surface area contributed by atoms with Crippen LogP contribution in [0.3, 0.4) is 0 Å². The molecule has 80 valence electrons. The fourth-order valence-electron chi connectivity index (χ4n) is 1.49. The Morgan fingerprint density at radius 3 is 2.86 bits per heavy atom. The van der Waals surface area contributed by atoms with Gasteiger partial charge in [-0.25, -0.2) is 0 Å². The van der Waals surface area contributed by atoms with Gasteiger partial charge in [-0.3, -0.25) is 0 Å². The first-order valence-electron chi connectivity index (χ1n) is 5.39. The van der Waals surface area contributed by atoms with Crippen LogP contribution in [0.25, 0.3) is 0 Å². The average molecular weight is 212 g/mol. The van der Waals surface area contributed by atoms with E-state index in [4.69, 9.17) is 12.2 Å². The van der Waals surface area contributed by atoms with Crippen molar-refractivity contribution in [2.24, 2.45) is 5.92 Å². The van der Waals surface area contributed by atoms with E-state index in [-0.39, 0.29) is 6.04 Å². The molecular formula is C11H20N2S. The highest BCUT2D eigenvalue weighted by Crippen LogP contribution is 2.28. The molecule has 1 fully saturated rings. The van der Waals surface area contributed by atoms with Crippen molar-refractivity contribution in [1.82, 2.24) is 10.6 Å². The largest absolute Gasteiger partial charge is 0.363 e. The molecule has 0 heterocycles. The van der Waals surface area contributed by atoms with Gasteiger partial charge >= 0.3 is 0 Å². The summed E-state index contributed by atoms with van der Waals surface area (Å²) in [5.41, 5.74) is 0. The predicted molar refractivity (Wildman–Crippen MR) is 65.4 cm³/mol. The molecule has 1 aliphatic carbocycles. The van der Waals surface area contributed by atoms with E-state index in [0.29, 0.717) is 0 Å². The van der Waals surface area contributed by atoms with Gasteiger partial charge in [0.05, 0.1) is 0 Å². The molecule has 1 unspecified atom stereocenters. The maximum Gasteiger partial charge on any atom is 0.166 e. The van der Waals surface area contributed by atoms with E-state index in [2.05, 4.69) is 17.2 Å². The van der Waals surface area contributed by atoms with Gasteiger partial charge in [-0.15, -0.1) is 6.58 Å². The molecule has 1 rings (SSSR count). The van der Waals surface area contributed by atoms with Gasteiger partial charge in [0.2, 0.25) is 0 Å². The Morgan fingerprint density at radius 1 is 1.64 bits per heavy atom. The van der Waals surface area contributed by atoms with E-state index in [1.165, 1.54) is 25.7 Å². The maximum absolute atomic E-state index is 5.13. The quantitative estimate of drug-likeness (QED) is 0.540. The number of rotatable bonds is 5. The van der Waals surface area contributed by atoms with E-state index in [1.54, 1.807) is 0 Å². The van der Waals surface area contributed by atoms with Gasteiger partial charge in [-0.1, -0.05) is 25.3 Å². The molecule has 0 saturated heterocycles. The van der Waals surface area contributed by atoms with E-state index in [9.17, 15) is 0 Å². The van der Waals surface area contributed by atoms with Crippen LogP contribution in [0, 0.1) is 5.92 Å². The third kappa shape index (κ3) is 4.09. The van der Waals surface area contributed by atoms with Crippen LogP contribution in [0.2, 0.25) is 0 Å². The zero-order valence-electron chi connectivity index (χ0n) is 8.88. The highest BCUT2D eigenvalue weighted by Gasteiger charge is 2.16. The number of hydrogen-bond donors (Lipinski definition) is 2. The molecule has 0 aromatic rings. The minimum atomic E-state index is 0.249. The fourth-order valence-corrected chi connectivity index (χ4v) is 1.78. The van der Waals surface area contributed by atoms with Crippen LogP contribution in [0.5, 0.6) is 0 Å². The third-order valence-corrected chi connectivity index (χ3v) is 3.04. The summed E-state index contributed by atoms with van der Waals surface area (Å²) >= 11 is 5.13. The zero-order chi connectivity index (χ0) is 10.4. The monoisotopic (exact) mass is 212 g/mol. The lowest BCUT2D eigenvalue weighted by molar-refractivity contribution is 0.297. The van der Waals surface area contributed by atoms with Crippen molar-refractivity contribution >= 4 is 17.3 Å². The SMILES string of the molecule is C=CC(C)NC(=S)NCCC1CCC1. The van der Waals surface area contributed by atoms with Crippen molar-refractivity contribution in [2.75, 3.05) is 6.54 Å². The number of nitrogens with one attached hydrogen (secondary N) is 2. The van der Waals surface area contributed by atoms with Crippen LogP contribution in [-0.2, 0) is 0 Å². The minimum absolute atomic E-state index is 0.249. The lowest BCUT2D eigenvalue weighted by Gasteiger charge is -2.25. The summed E-state index contributed by atoms with van der Waals surface area (Å²) in [6.07, 6.45) is 7.33. The molecule has 0 aliphatic heterocycles. The van der Waals surface area contributed by atoms with Crippen molar-refractivity contribution < 1.29 is 0 Å². The highest BCUT2D eigenvalue weighted by molar-refractivity contribution is 7.80. The number of hydrogen-bond acceptors (Lipinski definition) is 1. The summed E-state index contributed by atoms with van der Waals surface area (Å²) in [5.74, 6) is 0.946. The van der Waals surface area contributed by atoms with Crippen LogP contribution in [0.1, 0.15) is 32.6 Å². The molecule has 1 atom stereocenters. The highest BCUT2D eigenvalue weighted by atomic mass is 32.1. The molecule has 1 aliphatic rings. The van der Waals surface area contributed by atoms with Gasteiger partial charge in [0, 0.05) is 12.6 Å². The second-order valence-electron chi connectivity index (χ2n) is 4.01. The zero-order valence-corrected chi connectivity index (χ0v) is 9.70. The second-order valence-corrected chi connectivity index (χ2v) is 4.42. The van der Waals surface area contributed by atoms with Crippen molar-refractivity contribution in [3.05, 3.63) is 12.7 Å². The van der Waals surface area contributed by atoms with E-state index in [1.807, 2.05) is 13.0 Å². The fraction of sp³-hybridized carbons (Fsp3) is 0.727. The van der Waals surface area contributed by atoms with Crippen molar-refractivity contribution in [3.63, 3.8) is 0 Å². The maximum atomic E-state index is 5.13. The van der Waals surface area contributed by atoms with Crippen molar-refractivity contribution in [2.45, 2.75) is 38.6 Å². The Hall–Kier alpha value is -0.570. The second kappa shape index (κ2) is 6.02. The lowest BCUT2D eigenvalue weighted by atomic mass is 9.83. The molecule has 0 bridgehead atoms. The summed E-state index contributed by atoms with van der Waals surface area (Å²) in [7, 11) is 0. The van der Waals surface area contributed by atoms with Crippen LogP contribution in [0.4, 0.5) is 0 Å². The van der Waals surface area contributed by atoms with E-state index in [0.717, 1.165) is 17.6 Å². The molecular weight excluding hydrogens is 192 g/mol. The van der Waals surface area contributed by atoms with Crippen LogP contribution >= 0.6 is 12.2 Å². The van der Waals surface area contributed by atoms with Gasteiger partial charge < -0.3 is 10.6 Å². The minimum Gasteiger partial charge on any atom is -0.363 e. The first-order chi connectivity index (χ1) is 6.72. The van der Waals surface area contributed by atoms with Crippen LogP contribution in [0.15, 0.2) is 12.7 Å². The molecule has 0 spiro atoms. The van der Waals surface area contributed by atoms with Crippen molar-refractivity contribution in [1.29, 1.82) is 0 Å². The lowest BCUT2D eigenvalue weighted by Crippen LogP contribution is -2.40. The van der Waals surface area contributed by atoms with Gasteiger partial charge in [-0.2, -0.15) is 0 Å². The Bertz CT molecular complexity index is 199. The topological polar surface area (TPSA) is 24.1 Å². The first kappa shape index (κ1) is 11.5. The summed E-state index contributed by atoms with van der Waals surface area (Å²) < 4.78 is 0. The molecule has 2 nitrogen and oxygen atoms in total. The van der Waals surface area contributed by atoms with Crippen LogP contribution < -0.4 is 10.6 Å². The Morgan fingerprint density at radius 2 is 2.36 bits per heavy atom. The Balaban J connectivity index is 1.99. The van der Waals surface area contributed by atoms with Gasteiger partial charge in [0.15, 0.2) is 5.11 Å². The summed E-state index contributed by atoms with van der Waals surface area (Å²) in [5, 5.41) is 7.11. The summed E-state index contributed by atoms with van der Waals surface area (Å²) in [4.78, 5) is 0. The van der Waals surface area contributed by atoms with Crippen molar-refractivity contribution in [3.8, 4) is 0 Å². The average Bonchev–Trinajstić information content (AvgIpc) is 2.09. The smallest absolute Gasteiger partial charge is 0.166 e. The third-order valence-electron chi connectivity index (χ3n) is 2.78. The molecule has 14 heavy (non-hydrogen) atoms. The molecule has 0 aromatic carbocycles. The van der Waals surface area contributed by atoms with E-state index >= 15 is 0 Å². The molecule has 1 saturated carbocycles. The standard InChI is InChI=1S/C11H20N2S/c1-3-9(2)13-11(14)12-8-7-10-5-4-6-10/h3,9-10H,1,4-8H2,2H3,(H2,12,13,14).